The summed E-state index contributed by atoms with van der Waals surface area (Å²) in [5.74, 6) is -0.0926. The number of unbranched alkanes of at least 4 members (excludes halogenated alkanes) is 1. The van der Waals surface area contributed by atoms with Crippen molar-refractivity contribution in [2.45, 2.75) is 77.7 Å². The summed E-state index contributed by atoms with van der Waals surface area (Å²) in [5, 5.41) is 2.62. The van der Waals surface area contributed by atoms with Gasteiger partial charge in [-0.3, -0.25) is 4.79 Å². The zero-order valence-electron chi connectivity index (χ0n) is 29.9. The maximum atomic E-state index is 11.7. The molecule has 0 atom stereocenters. The van der Waals surface area contributed by atoms with Gasteiger partial charge in [0.15, 0.2) is 12.3 Å². The minimum absolute atomic E-state index is 0.0926. The maximum absolute atomic E-state index is 11.7. The number of esters is 1. The van der Waals surface area contributed by atoms with Gasteiger partial charge in [-0.2, -0.15) is 4.58 Å². The Morgan fingerprint density at radius 2 is 1.44 bits per heavy atom. The van der Waals surface area contributed by atoms with Crippen LogP contribution in [0, 0.1) is 0 Å². The molecule has 11 heteroatoms. The molecule has 1 fully saturated rings. The Labute approximate surface area is 304 Å². The van der Waals surface area contributed by atoms with E-state index >= 15 is 0 Å². The Morgan fingerprint density at radius 1 is 0.808 bits per heavy atom. The van der Waals surface area contributed by atoms with Crippen LogP contribution in [0.4, 0.5) is 28.3 Å². The summed E-state index contributed by atoms with van der Waals surface area (Å²) >= 11 is -11.2. The van der Waals surface area contributed by atoms with Crippen LogP contribution in [-0.4, -0.2) is 55.4 Å². The number of nitrogens with zero attached hydrogens (tertiary/aromatic N) is 2. The molecule has 0 aliphatic carbocycles. The van der Waals surface area contributed by atoms with Crippen LogP contribution in [-0.2, 0) is 27.9 Å². The van der Waals surface area contributed by atoms with Crippen LogP contribution in [0.1, 0.15) is 81.5 Å². The number of carbonyl (C=O) groups excluding carboxylic acids is 1. The predicted octanol–water partition coefficient (Wildman–Crippen LogP) is 11.5. The van der Waals surface area contributed by atoms with Crippen molar-refractivity contribution in [3.63, 3.8) is 0 Å². The standard InChI is InChI=1S/C41H47N2O2.6FH.Sb/c1-4-45-39(44)15-9-6-12-31-16-18-33(19-17-31)30-43-37-26-23-34-13-7-8-14-36(34)40(37)41(2,3)38(43)27-22-32-20-24-35(25-21-32)42-28-10-5-11-29-42;;;;;;;/h7-8,13-14,16-27H,4-6,9-12,15,28-30H2,1-3H3;6*1H;/q+1;;;;;;;+5/p-6. The number of ether oxygens (including phenoxy) is 1. The van der Waals surface area contributed by atoms with Gasteiger partial charge in [0.1, 0.15) is 0 Å². The Kier molecular flexibility index (Phi) is 11.6. The first-order chi connectivity index (χ1) is 24.4. The summed E-state index contributed by atoms with van der Waals surface area (Å²) in [6, 6.07) is 31.5. The normalized spacial score (nSPS) is 17.0. The molecule has 0 bridgehead atoms. The quantitative estimate of drug-likeness (QED) is 0.0496. The van der Waals surface area contributed by atoms with Crippen LogP contribution in [0.3, 0.4) is 0 Å². The molecule has 52 heavy (non-hydrogen) atoms. The number of rotatable bonds is 11. The zero-order chi connectivity index (χ0) is 37.6. The number of hydrogen-bond donors (Lipinski definition) is 0. The molecule has 2 heterocycles. The number of benzene rings is 4. The fourth-order valence-electron chi connectivity index (χ4n) is 7.15. The van der Waals surface area contributed by atoms with E-state index in [2.05, 4.69) is 120 Å². The minimum atomic E-state index is -11.2. The Hall–Kier alpha value is -3.78. The SMILES string of the molecule is CCOC(=O)CCCCc1ccc(C[N+]2=C(/C=C/c3ccc(N4CCCCC4)cc3)C(C)(C)c3c2ccc2ccccc32)cc1.[F][Sb-]([F])([F])([F])([F])[F]. The molecular weight excluding hydrogens is 788 g/mol. The summed E-state index contributed by atoms with van der Waals surface area (Å²) in [6.45, 7) is 10.2. The van der Waals surface area contributed by atoms with Crippen molar-refractivity contribution in [3.05, 3.63) is 113 Å². The molecule has 0 amide bonds. The van der Waals surface area contributed by atoms with E-state index in [0.29, 0.717) is 13.0 Å². The molecule has 2 aliphatic rings. The predicted molar refractivity (Wildman–Crippen MR) is 200 cm³/mol. The van der Waals surface area contributed by atoms with E-state index in [1.807, 2.05) is 6.92 Å². The van der Waals surface area contributed by atoms with Crippen LogP contribution in [0.25, 0.3) is 16.8 Å². The second-order valence-electron chi connectivity index (χ2n) is 14.0. The van der Waals surface area contributed by atoms with Gasteiger partial charge < -0.3 is 9.64 Å². The molecule has 2 aliphatic heterocycles. The van der Waals surface area contributed by atoms with E-state index in [4.69, 9.17) is 4.74 Å². The van der Waals surface area contributed by atoms with Gasteiger partial charge >= 0.3 is 42.3 Å². The second-order valence-corrected chi connectivity index (χ2v) is 19.5. The van der Waals surface area contributed by atoms with Gasteiger partial charge in [0.25, 0.3) is 0 Å². The summed E-state index contributed by atoms with van der Waals surface area (Å²) in [7, 11) is 0. The van der Waals surface area contributed by atoms with Gasteiger partial charge in [0.05, 0.1) is 12.0 Å². The molecule has 0 N–H and O–H groups in total. The first-order valence-corrected chi connectivity index (χ1v) is 23.7. The number of halogens is 6. The average molecular weight is 836 g/mol. The van der Waals surface area contributed by atoms with E-state index < -0.39 is 19.5 Å². The van der Waals surface area contributed by atoms with E-state index in [9.17, 15) is 21.7 Å². The van der Waals surface area contributed by atoms with E-state index in [-0.39, 0.29) is 11.4 Å². The van der Waals surface area contributed by atoms with E-state index in [0.717, 1.165) is 25.8 Å². The van der Waals surface area contributed by atoms with Crippen molar-refractivity contribution < 1.29 is 31.0 Å². The van der Waals surface area contributed by atoms with E-state index in [1.54, 1.807) is 0 Å². The van der Waals surface area contributed by atoms with Crippen LogP contribution < -0.4 is 4.90 Å². The van der Waals surface area contributed by atoms with Crippen LogP contribution in [0.15, 0.2) is 91.0 Å². The number of fused-ring (bicyclic) bond motifs is 3. The van der Waals surface area contributed by atoms with Crippen molar-refractivity contribution in [3.8, 4) is 0 Å². The Balaban J connectivity index is 0.000000679. The second kappa shape index (κ2) is 15.3. The number of allylic oxidation sites excluding steroid dienone is 1. The van der Waals surface area contributed by atoms with Gasteiger partial charge in [-0.05, 0) is 105 Å². The Bertz CT molecular complexity index is 1920. The summed E-state index contributed by atoms with van der Waals surface area (Å²) in [5.41, 5.74) is 9.03. The molecule has 280 valence electrons. The average Bonchev–Trinajstić information content (AvgIpc) is 3.30. The molecular formula is C41H47F6N2O2Sb. The molecule has 0 unspecified atom stereocenters. The van der Waals surface area contributed by atoms with Crippen LogP contribution >= 0.6 is 0 Å². The number of aryl methyl sites for hydroxylation is 1. The van der Waals surface area contributed by atoms with Gasteiger partial charge in [-0.1, -0.05) is 60.7 Å². The first-order valence-electron chi connectivity index (χ1n) is 17.9. The number of carbonyl (C=O) groups is 1. The van der Waals surface area contributed by atoms with Crippen molar-refractivity contribution in [1.82, 2.24) is 0 Å². The molecule has 4 aromatic rings. The molecule has 0 saturated carbocycles. The van der Waals surface area contributed by atoms with Crippen LogP contribution in [0.5, 0.6) is 0 Å². The fourth-order valence-corrected chi connectivity index (χ4v) is 7.15. The van der Waals surface area contributed by atoms with Crippen molar-refractivity contribution in [1.29, 1.82) is 0 Å². The Morgan fingerprint density at radius 3 is 2.10 bits per heavy atom. The number of hydrogen-bond acceptors (Lipinski definition) is 3. The monoisotopic (exact) mass is 834 g/mol. The molecule has 6 rings (SSSR count). The molecule has 1 saturated heterocycles. The molecule has 4 aromatic carbocycles. The number of piperidine rings is 1. The molecule has 4 nitrogen and oxygen atoms in total. The van der Waals surface area contributed by atoms with Gasteiger partial charge in [-0.15, -0.1) is 0 Å². The van der Waals surface area contributed by atoms with Gasteiger partial charge in [0.2, 0.25) is 5.69 Å². The molecule has 0 radical (unpaired) electrons. The van der Waals surface area contributed by atoms with Crippen molar-refractivity contribution in [2.75, 3.05) is 24.6 Å². The summed E-state index contributed by atoms with van der Waals surface area (Å²) in [4.78, 5) is 14.2. The first kappa shape index (κ1) is 39.4. The third-order valence-corrected chi connectivity index (χ3v) is 9.57. The van der Waals surface area contributed by atoms with Crippen molar-refractivity contribution in [2.24, 2.45) is 0 Å². The third-order valence-electron chi connectivity index (χ3n) is 9.57. The molecule has 0 aromatic heterocycles. The topological polar surface area (TPSA) is 32.6 Å². The summed E-state index contributed by atoms with van der Waals surface area (Å²) < 4.78 is 67.1. The summed E-state index contributed by atoms with van der Waals surface area (Å²) in [6.07, 6.45) is 11.9. The zero-order valence-corrected chi connectivity index (χ0v) is 32.5. The third kappa shape index (κ3) is 11.4. The van der Waals surface area contributed by atoms with Crippen LogP contribution in [0.2, 0.25) is 0 Å². The number of anilines is 1. The van der Waals surface area contributed by atoms with Crippen molar-refractivity contribution >= 4 is 59.4 Å². The van der Waals surface area contributed by atoms with E-state index in [1.165, 1.54) is 82.5 Å². The molecule has 0 spiro atoms. The van der Waals surface area contributed by atoms with Gasteiger partial charge in [0, 0.05) is 48.5 Å². The fraction of sp³-hybridized carbons (Fsp3) is 0.366. The van der Waals surface area contributed by atoms with Gasteiger partial charge in [-0.25, -0.2) is 0 Å².